The average molecular weight is 509 g/mol. The van der Waals surface area contributed by atoms with E-state index in [-0.39, 0.29) is 11.4 Å². The van der Waals surface area contributed by atoms with Gasteiger partial charge in [-0.25, -0.2) is 0 Å². The summed E-state index contributed by atoms with van der Waals surface area (Å²) in [5, 5.41) is 0. The monoisotopic (exact) mass is 509 g/mol. The van der Waals surface area contributed by atoms with Crippen LogP contribution in [0.5, 0.6) is 0 Å². The predicted octanol–water partition coefficient (Wildman–Crippen LogP) is 12.1. The van der Waals surface area contributed by atoms with Crippen LogP contribution in [-0.4, -0.2) is 12.6 Å². The maximum Gasteiger partial charge on any atom is 0.311 e. The van der Waals surface area contributed by atoms with E-state index in [1.165, 1.54) is 148 Å². The van der Waals surface area contributed by atoms with E-state index in [4.69, 9.17) is 4.74 Å². The van der Waals surface area contributed by atoms with Crippen molar-refractivity contribution in [3.63, 3.8) is 0 Å². The number of carbonyl (C=O) groups is 1. The summed E-state index contributed by atoms with van der Waals surface area (Å²) in [5.41, 5.74) is -0.272. The SMILES string of the molecule is CCCCCCCCCCCCCCCCC(C)(CCCCCC)C(=O)OCCCCCCCCC. The molecule has 0 N–H and O–H groups in total. The summed E-state index contributed by atoms with van der Waals surface area (Å²) >= 11 is 0. The van der Waals surface area contributed by atoms with E-state index in [1.54, 1.807) is 0 Å². The summed E-state index contributed by atoms with van der Waals surface area (Å²) in [5.74, 6) is 0.0830. The lowest BCUT2D eigenvalue weighted by atomic mass is 9.79. The molecule has 0 heterocycles. The molecule has 0 bridgehead atoms. The van der Waals surface area contributed by atoms with Crippen LogP contribution in [0.25, 0.3) is 0 Å². The van der Waals surface area contributed by atoms with Crippen molar-refractivity contribution in [3.8, 4) is 0 Å². The predicted molar refractivity (Wildman–Crippen MR) is 161 cm³/mol. The molecule has 0 aliphatic heterocycles. The number of hydrogen-bond donors (Lipinski definition) is 0. The van der Waals surface area contributed by atoms with Crippen molar-refractivity contribution in [2.24, 2.45) is 5.41 Å². The third-order valence-corrected chi connectivity index (χ3v) is 8.14. The van der Waals surface area contributed by atoms with E-state index in [0.29, 0.717) is 6.61 Å². The van der Waals surface area contributed by atoms with Gasteiger partial charge in [-0.2, -0.15) is 0 Å². The van der Waals surface area contributed by atoms with Crippen LogP contribution < -0.4 is 0 Å². The van der Waals surface area contributed by atoms with Crippen molar-refractivity contribution in [2.75, 3.05) is 6.61 Å². The molecule has 0 spiro atoms. The Labute approximate surface area is 228 Å². The normalized spacial score (nSPS) is 13.1. The second kappa shape index (κ2) is 27.5. The molecule has 216 valence electrons. The second-order valence-corrected chi connectivity index (χ2v) is 12.0. The zero-order valence-corrected chi connectivity index (χ0v) is 25.6. The minimum atomic E-state index is -0.272. The van der Waals surface area contributed by atoms with Crippen LogP contribution in [0.1, 0.15) is 201 Å². The van der Waals surface area contributed by atoms with E-state index in [0.717, 1.165) is 25.7 Å². The fraction of sp³-hybridized carbons (Fsp3) is 0.971. The minimum absolute atomic E-state index is 0.0830. The van der Waals surface area contributed by atoms with E-state index in [2.05, 4.69) is 27.7 Å². The van der Waals surface area contributed by atoms with Crippen LogP contribution in [-0.2, 0) is 9.53 Å². The first-order chi connectivity index (χ1) is 17.6. The zero-order chi connectivity index (χ0) is 26.6. The van der Waals surface area contributed by atoms with Crippen molar-refractivity contribution in [1.29, 1.82) is 0 Å². The highest BCUT2D eigenvalue weighted by Crippen LogP contribution is 2.33. The van der Waals surface area contributed by atoms with Gasteiger partial charge >= 0.3 is 5.97 Å². The Morgan fingerprint density at radius 2 is 0.722 bits per heavy atom. The molecule has 0 aromatic rings. The Bertz CT molecular complexity index is 446. The van der Waals surface area contributed by atoms with E-state index >= 15 is 0 Å². The number of carbonyl (C=O) groups excluding carboxylic acids is 1. The Morgan fingerprint density at radius 3 is 1.08 bits per heavy atom. The zero-order valence-electron chi connectivity index (χ0n) is 25.6. The molecule has 2 heteroatoms. The van der Waals surface area contributed by atoms with E-state index in [1.807, 2.05) is 0 Å². The standard InChI is InChI=1S/C34H68O2/c1-5-8-11-14-16-17-18-19-20-21-22-23-25-28-31-34(4,30-27-13-10-7-3)33(35)36-32-29-26-24-15-12-9-6-2/h5-32H2,1-4H3. The van der Waals surface area contributed by atoms with Gasteiger partial charge in [0.2, 0.25) is 0 Å². The van der Waals surface area contributed by atoms with Gasteiger partial charge in [-0.3, -0.25) is 4.79 Å². The molecular formula is C34H68O2. The van der Waals surface area contributed by atoms with Gasteiger partial charge in [0.05, 0.1) is 12.0 Å². The van der Waals surface area contributed by atoms with Crippen LogP contribution in [0.4, 0.5) is 0 Å². The highest BCUT2D eigenvalue weighted by Gasteiger charge is 2.33. The van der Waals surface area contributed by atoms with Gasteiger partial charge in [-0.15, -0.1) is 0 Å². The first kappa shape index (κ1) is 35.5. The van der Waals surface area contributed by atoms with Gasteiger partial charge in [0.15, 0.2) is 0 Å². The lowest BCUT2D eigenvalue weighted by molar-refractivity contribution is -0.156. The van der Waals surface area contributed by atoms with Crippen molar-refractivity contribution >= 4 is 5.97 Å². The molecule has 0 rings (SSSR count). The lowest BCUT2D eigenvalue weighted by Crippen LogP contribution is -2.30. The number of hydrogen-bond acceptors (Lipinski definition) is 2. The number of unbranched alkanes of at least 4 members (excludes halogenated alkanes) is 22. The number of ether oxygens (including phenoxy) is 1. The molecule has 2 nitrogen and oxygen atoms in total. The summed E-state index contributed by atoms with van der Waals surface area (Å²) in [6.07, 6.45) is 35.1. The first-order valence-corrected chi connectivity index (χ1v) is 16.8. The molecule has 0 aromatic carbocycles. The summed E-state index contributed by atoms with van der Waals surface area (Å²) in [7, 11) is 0. The molecule has 0 saturated carbocycles. The molecule has 1 atom stereocenters. The lowest BCUT2D eigenvalue weighted by Gasteiger charge is -2.27. The summed E-state index contributed by atoms with van der Waals surface area (Å²) in [6.45, 7) is 9.62. The molecule has 0 aromatic heterocycles. The van der Waals surface area contributed by atoms with Crippen LogP contribution in [0.3, 0.4) is 0 Å². The molecular weight excluding hydrogens is 440 g/mol. The highest BCUT2D eigenvalue weighted by molar-refractivity contribution is 5.76. The maximum atomic E-state index is 13.0. The number of esters is 1. The van der Waals surface area contributed by atoms with Gasteiger partial charge in [0.25, 0.3) is 0 Å². The van der Waals surface area contributed by atoms with Gasteiger partial charge in [-0.05, 0) is 26.2 Å². The summed E-state index contributed by atoms with van der Waals surface area (Å²) in [6, 6.07) is 0. The van der Waals surface area contributed by atoms with Crippen LogP contribution >= 0.6 is 0 Å². The molecule has 36 heavy (non-hydrogen) atoms. The van der Waals surface area contributed by atoms with Gasteiger partial charge in [-0.1, -0.05) is 175 Å². The van der Waals surface area contributed by atoms with Crippen molar-refractivity contribution in [1.82, 2.24) is 0 Å². The smallest absolute Gasteiger partial charge is 0.311 e. The molecule has 0 saturated heterocycles. The molecule has 0 aliphatic carbocycles. The third-order valence-electron chi connectivity index (χ3n) is 8.14. The molecule has 0 amide bonds. The molecule has 0 radical (unpaired) electrons. The number of rotatable bonds is 29. The first-order valence-electron chi connectivity index (χ1n) is 16.8. The van der Waals surface area contributed by atoms with Gasteiger partial charge in [0.1, 0.15) is 0 Å². The van der Waals surface area contributed by atoms with Gasteiger partial charge < -0.3 is 4.74 Å². The Balaban J connectivity index is 3.99. The van der Waals surface area contributed by atoms with Crippen molar-refractivity contribution in [2.45, 2.75) is 201 Å². The Kier molecular flexibility index (Phi) is 27.1. The Hall–Kier alpha value is -0.530. The topological polar surface area (TPSA) is 26.3 Å². The van der Waals surface area contributed by atoms with Gasteiger partial charge in [0, 0.05) is 0 Å². The molecule has 0 aliphatic rings. The van der Waals surface area contributed by atoms with E-state index in [9.17, 15) is 4.79 Å². The second-order valence-electron chi connectivity index (χ2n) is 12.0. The largest absolute Gasteiger partial charge is 0.465 e. The third kappa shape index (κ3) is 22.7. The van der Waals surface area contributed by atoms with Crippen LogP contribution in [0, 0.1) is 5.41 Å². The highest BCUT2D eigenvalue weighted by atomic mass is 16.5. The average Bonchev–Trinajstić information content (AvgIpc) is 2.88. The minimum Gasteiger partial charge on any atom is -0.465 e. The summed E-state index contributed by atoms with van der Waals surface area (Å²) in [4.78, 5) is 13.0. The fourth-order valence-electron chi connectivity index (χ4n) is 5.38. The molecule has 1 unspecified atom stereocenters. The van der Waals surface area contributed by atoms with Crippen molar-refractivity contribution in [3.05, 3.63) is 0 Å². The quantitative estimate of drug-likeness (QED) is 0.0741. The summed E-state index contributed by atoms with van der Waals surface area (Å²) < 4.78 is 5.82. The van der Waals surface area contributed by atoms with E-state index < -0.39 is 0 Å². The van der Waals surface area contributed by atoms with Crippen molar-refractivity contribution < 1.29 is 9.53 Å². The van der Waals surface area contributed by atoms with Crippen LogP contribution in [0.15, 0.2) is 0 Å². The maximum absolute atomic E-state index is 13.0. The Morgan fingerprint density at radius 1 is 0.444 bits per heavy atom. The molecule has 0 fully saturated rings. The fourth-order valence-corrected chi connectivity index (χ4v) is 5.38. The van der Waals surface area contributed by atoms with Crippen LogP contribution in [0.2, 0.25) is 0 Å².